The Bertz CT molecular complexity index is 1180. The molecule has 32 heavy (non-hydrogen) atoms. The molecule has 3 rings (SSSR count). The zero-order chi connectivity index (χ0) is 23.7. The van der Waals surface area contributed by atoms with E-state index in [9.17, 15) is 13.5 Å². The third-order valence-electron chi connectivity index (χ3n) is 5.41. The van der Waals surface area contributed by atoms with Gasteiger partial charge in [0.05, 0.1) is 17.2 Å². The maximum absolute atomic E-state index is 13.3. The normalized spacial score (nSPS) is 13.5. The number of hydrogen-bond donors (Lipinski definition) is 1. The number of aromatic nitrogens is 1. The monoisotopic (exact) mass is 471 g/mol. The maximum atomic E-state index is 13.3. The lowest BCUT2D eigenvalue weighted by Gasteiger charge is -2.24. The van der Waals surface area contributed by atoms with Gasteiger partial charge in [0.1, 0.15) is 6.10 Å². The van der Waals surface area contributed by atoms with Crippen LogP contribution in [0.5, 0.6) is 0 Å². The van der Waals surface area contributed by atoms with Crippen molar-refractivity contribution in [1.29, 1.82) is 0 Å². The first-order valence-electron chi connectivity index (χ1n) is 10.8. The molecule has 1 aromatic heterocycles. The van der Waals surface area contributed by atoms with E-state index in [1.807, 2.05) is 19.1 Å². The molecule has 172 valence electrons. The average molecular weight is 472 g/mol. The quantitative estimate of drug-likeness (QED) is 0.497. The van der Waals surface area contributed by atoms with Crippen LogP contribution in [0.4, 0.5) is 0 Å². The van der Waals surface area contributed by atoms with Crippen LogP contribution in [0.2, 0.25) is 13.1 Å². The fourth-order valence-electron chi connectivity index (χ4n) is 3.59. The summed E-state index contributed by atoms with van der Waals surface area (Å²) in [4.78, 5) is 0.182. The molecule has 0 amide bonds. The summed E-state index contributed by atoms with van der Waals surface area (Å²) in [6.45, 7) is 12.8. The van der Waals surface area contributed by atoms with E-state index in [0.29, 0.717) is 17.9 Å². The standard InChI is InChI=1S/C25H33NO4SSi/c1-18-14-23(26(16-18)31(28,29)21-10-8-7-9-11-21)24(27)22-13-12-20(25(2,3)4)15-19(22)17-30-32(5)6/h7-16,24,27,32H,17H2,1-6H3. The highest BCUT2D eigenvalue weighted by atomic mass is 32.2. The fraction of sp³-hybridized carbons (Fsp3) is 0.360. The van der Waals surface area contributed by atoms with Crippen LogP contribution >= 0.6 is 0 Å². The Balaban J connectivity index is 2.11. The van der Waals surface area contributed by atoms with Gasteiger partial charge in [0, 0.05) is 6.20 Å². The van der Waals surface area contributed by atoms with Crippen LogP contribution in [0.3, 0.4) is 0 Å². The fourth-order valence-corrected chi connectivity index (χ4v) is 5.56. The summed E-state index contributed by atoms with van der Waals surface area (Å²) in [6.07, 6.45) is 0.449. The minimum atomic E-state index is -3.84. The minimum absolute atomic E-state index is 0.0546. The van der Waals surface area contributed by atoms with Crippen LogP contribution in [0.1, 0.15) is 54.8 Å². The van der Waals surface area contributed by atoms with Crippen LogP contribution in [0.25, 0.3) is 0 Å². The summed E-state index contributed by atoms with van der Waals surface area (Å²) in [5.74, 6) is 0. The van der Waals surface area contributed by atoms with Gasteiger partial charge in [-0.25, -0.2) is 12.4 Å². The number of aliphatic hydroxyl groups is 1. The molecule has 7 heteroatoms. The van der Waals surface area contributed by atoms with Crippen molar-refractivity contribution in [1.82, 2.24) is 3.97 Å². The molecule has 0 fully saturated rings. The van der Waals surface area contributed by atoms with Gasteiger partial charge in [0.15, 0.2) is 9.04 Å². The number of nitrogens with zero attached hydrogens (tertiary/aromatic N) is 1. The Labute approximate surface area is 193 Å². The molecular formula is C25H33NO4SSi. The molecule has 2 aromatic carbocycles. The third kappa shape index (κ3) is 5.23. The van der Waals surface area contributed by atoms with Gasteiger partial charge in [0.25, 0.3) is 10.0 Å². The van der Waals surface area contributed by atoms with Crippen LogP contribution in [-0.4, -0.2) is 26.5 Å². The topological polar surface area (TPSA) is 68.5 Å². The lowest BCUT2D eigenvalue weighted by molar-refractivity contribution is 0.209. The van der Waals surface area contributed by atoms with Gasteiger partial charge in [-0.1, -0.05) is 57.2 Å². The van der Waals surface area contributed by atoms with Crippen molar-refractivity contribution in [2.45, 2.75) is 63.8 Å². The SMILES string of the molecule is Cc1cc(C(O)c2ccc(C(C)(C)C)cc2CO[SiH](C)C)n(S(=O)(=O)c2ccccc2)c1. The van der Waals surface area contributed by atoms with Gasteiger partial charge >= 0.3 is 0 Å². The number of aliphatic hydroxyl groups excluding tert-OH is 1. The van der Waals surface area contributed by atoms with Gasteiger partial charge in [-0.2, -0.15) is 0 Å². The lowest BCUT2D eigenvalue weighted by Crippen LogP contribution is -2.19. The van der Waals surface area contributed by atoms with E-state index in [0.717, 1.165) is 16.7 Å². The molecule has 0 bridgehead atoms. The van der Waals surface area contributed by atoms with Crippen LogP contribution in [0.15, 0.2) is 65.7 Å². The first-order chi connectivity index (χ1) is 14.9. The Hall–Kier alpha value is -2.19. The molecule has 0 radical (unpaired) electrons. The molecule has 0 saturated carbocycles. The van der Waals surface area contributed by atoms with Gasteiger partial charge in [-0.3, -0.25) is 0 Å². The van der Waals surface area contributed by atoms with Gasteiger partial charge in [-0.15, -0.1) is 0 Å². The van der Waals surface area contributed by atoms with E-state index < -0.39 is 25.2 Å². The third-order valence-corrected chi connectivity index (χ3v) is 7.94. The van der Waals surface area contributed by atoms with Gasteiger partial charge in [0.2, 0.25) is 0 Å². The molecule has 5 nitrogen and oxygen atoms in total. The highest BCUT2D eigenvalue weighted by Crippen LogP contribution is 2.33. The van der Waals surface area contributed by atoms with Crippen molar-refractivity contribution in [3.8, 4) is 0 Å². The molecule has 0 aliphatic rings. The van der Waals surface area contributed by atoms with Crippen molar-refractivity contribution in [2.24, 2.45) is 0 Å². The Morgan fingerprint density at radius 1 is 1.06 bits per heavy atom. The van der Waals surface area contributed by atoms with Crippen LogP contribution < -0.4 is 0 Å². The van der Waals surface area contributed by atoms with E-state index in [1.54, 1.807) is 42.6 Å². The van der Waals surface area contributed by atoms with E-state index in [1.165, 1.54) is 3.97 Å². The van der Waals surface area contributed by atoms with E-state index in [4.69, 9.17) is 4.43 Å². The predicted molar refractivity (Wildman–Crippen MR) is 131 cm³/mol. The van der Waals surface area contributed by atoms with Crippen LogP contribution in [0, 0.1) is 6.92 Å². The molecule has 0 aliphatic heterocycles. The molecular weight excluding hydrogens is 438 g/mol. The summed E-state index contributed by atoms with van der Waals surface area (Å²) in [7, 11) is -5.12. The maximum Gasteiger partial charge on any atom is 0.267 e. The zero-order valence-electron chi connectivity index (χ0n) is 19.7. The average Bonchev–Trinajstić information content (AvgIpc) is 3.14. The van der Waals surface area contributed by atoms with E-state index in [2.05, 4.69) is 39.9 Å². The first kappa shape index (κ1) is 24.4. The minimum Gasteiger partial charge on any atom is -0.416 e. The second-order valence-electron chi connectivity index (χ2n) is 9.48. The Morgan fingerprint density at radius 2 is 1.72 bits per heavy atom. The Morgan fingerprint density at radius 3 is 2.31 bits per heavy atom. The highest BCUT2D eigenvalue weighted by molar-refractivity contribution is 7.90. The molecule has 0 spiro atoms. The molecule has 1 atom stereocenters. The van der Waals surface area contributed by atoms with Crippen molar-refractivity contribution >= 4 is 19.1 Å². The Kier molecular flexibility index (Phi) is 7.14. The molecule has 1 unspecified atom stereocenters. The van der Waals surface area contributed by atoms with E-state index >= 15 is 0 Å². The number of aryl methyl sites for hydroxylation is 1. The summed E-state index contributed by atoms with van der Waals surface area (Å²) >= 11 is 0. The van der Waals surface area contributed by atoms with Crippen molar-refractivity contribution < 1.29 is 18.0 Å². The van der Waals surface area contributed by atoms with Gasteiger partial charge < -0.3 is 9.53 Å². The van der Waals surface area contributed by atoms with Crippen molar-refractivity contribution in [2.75, 3.05) is 0 Å². The summed E-state index contributed by atoms with van der Waals surface area (Å²) in [5.41, 5.74) is 3.71. The smallest absolute Gasteiger partial charge is 0.267 e. The second kappa shape index (κ2) is 9.35. The number of rotatable bonds is 7. The first-order valence-corrected chi connectivity index (χ1v) is 15.1. The summed E-state index contributed by atoms with van der Waals surface area (Å²) in [6, 6.07) is 16.0. The molecule has 0 aliphatic carbocycles. The number of hydrogen-bond acceptors (Lipinski definition) is 4. The molecule has 3 aromatic rings. The molecule has 1 heterocycles. The molecule has 0 saturated heterocycles. The largest absolute Gasteiger partial charge is 0.416 e. The highest BCUT2D eigenvalue weighted by Gasteiger charge is 2.27. The lowest BCUT2D eigenvalue weighted by atomic mass is 9.84. The molecule has 1 N–H and O–H groups in total. The summed E-state index contributed by atoms with van der Waals surface area (Å²) < 4.78 is 33.8. The number of benzene rings is 2. The second-order valence-corrected chi connectivity index (χ2v) is 13.7. The van der Waals surface area contributed by atoms with Crippen molar-refractivity contribution in [3.05, 3.63) is 88.7 Å². The van der Waals surface area contributed by atoms with Crippen molar-refractivity contribution in [3.63, 3.8) is 0 Å². The summed E-state index contributed by atoms with van der Waals surface area (Å²) in [5, 5.41) is 11.4. The van der Waals surface area contributed by atoms with Gasteiger partial charge in [-0.05, 0) is 65.9 Å². The van der Waals surface area contributed by atoms with Crippen LogP contribution in [-0.2, 0) is 26.5 Å². The zero-order valence-corrected chi connectivity index (χ0v) is 21.6. The predicted octanol–water partition coefficient (Wildman–Crippen LogP) is 4.91. The van der Waals surface area contributed by atoms with E-state index in [-0.39, 0.29) is 10.3 Å².